The molecule has 1 rings (SSSR count). The number of hydrogen-bond donors (Lipinski definition) is 6. The van der Waals surface area contributed by atoms with E-state index in [2.05, 4.69) is 22.9 Å². The van der Waals surface area contributed by atoms with Crippen LogP contribution in [0.25, 0.3) is 0 Å². The highest BCUT2D eigenvalue weighted by atomic mass is 16.7. The molecule has 12 nitrogen and oxygen atoms in total. The van der Waals surface area contributed by atoms with Crippen LogP contribution in [0.4, 0.5) is 0 Å². The number of ether oxygens (including phenoxy) is 2. The molecule has 5 atom stereocenters. The fourth-order valence-electron chi connectivity index (χ4n) is 5.66. The summed E-state index contributed by atoms with van der Waals surface area (Å²) in [6.07, 6.45) is 5.84. The molecule has 1 aromatic carbocycles. The van der Waals surface area contributed by atoms with Crippen LogP contribution in [0.15, 0.2) is 24.3 Å². The number of rotatable bonds is 24. The lowest BCUT2D eigenvalue weighted by molar-refractivity contribution is -0.134. The summed E-state index contributed by atoms with van der Waals surface area (Å²) >= 11 is 0. The Hall–Kier alpha value is -3.22. The SMILES string of the molecule is CCCCCC(=O)NC(Cc1ccc(OC(OC)C(N)CCCCN)cc1)C(=O)NC(C(=O)NC(C)(C)CC(C)(C)C(N)=O)C(C)CC. The van der Waals surface area contributed by atoms with Gasteiger partial charge in [-0.2, -0.15) is 0 Å². The van der Waals surface area contributed by atoms with Crippen molar-refractivity contribution in [3.05, 3.63) is 29.8 Å². The first-order chi connectivity index (χ1) is 22.5. The van der Waals surface area contributed by atoms with Gasteiger partial charge < -0.3 is 42.6 Å². The van der Waals surface area contributed by atoms with Gasteiger partial charge in [0, 0.05) is 30.9 Å². The van der Waals surface area contributed by atoms with Gasteiger partial charge in [0.05, 0.1) is 6.04 Å². The lowest BCUT2D eigenvalue weighted by Gasteiger charge is -2.36. The third kappa shape index (κ3) is 15.3. The number of methoxy groups -OCH3 is 1. The quantitative estimate of drug-likeness (QED) is 0.0706. The van der Waals surface area contributed by atoms with Gasteiger partial charge >= 0.3 is 0 Å². The number of unbranched alkanes of at least 4 members (excludes halogenated alkanes) is 3. The van der Waals surface area contributed by atoms with E-state index in [-0.39, 0.29) is 30.2 Å². The second-order valence-electron chi connectivity index (χ2n) is 14.3. The zero-order chi connectivity index (χ0) is 36.5. The highest BCUT2D eigenvalue weighted by molar-refractivity contribution is 5.92. The molecule has 0 saturated heterocycles. The van der Waals surface area contributed by atoms with Gasteiger partial charge in [-0.15, -0.1) is 0 Å². The lowest BCUT2D eigenvalue weighted by Crippen LogP contribution is -2.59. The molecule has 274 valence electrons. The Morgan fingerprint density at radius 3 is 2.10 bits per heavy atom. The van der Waals surface area contributed by atoms with Gasteiger partial charge in [0.25, 0.3) is 0 Å². The normalized spacial score (nSPS) is 15.0. The van der Waals surface area contributed by atoms with E-state index in [1.54, 1.807) is 33.1 Å². The first-order valence-electron chi connectivity index (χ1n) is 17.5. The van der Waals surface area contributed by atoms with Crippen LogP contribution < -0.4 is 37.9 Å². The molecule has 5 unspecified atom stereocenters. The second-order valence-corrected chi connectivity index (χ2v) is 14.3. The van der Waals surface area contributed by atoms with Crippen molar-refractivity contribution in [2.45, 2.75) is 143 Å². The minimum atomic E-state index is -0.922. The summed E-state index contributed by atoms with van der Waals surface area (Å²) in [5, 5.41) is 8.84. The first-order valence-corrected chi connectivity index (χ1v) is 17.5. The molecule has 4 amide bonds. The van der Waals surface area contributed by atoms with Gasteiger partial charge in [-0.3, -0.25) is 19.2 Å². The lowest BCUT2D eigenvalue weighted by atomic mass is 9.79. The van der Waals surface area contributed by atoms with Crippen molar-refractivity contribution in [2.24, 2.45) is 28.5 Å². The van der Waals surface area contributed by atoms with E-state index in [0.717, 1.165) is 31.2 Å². The molecule has 12 heteroatoms. The molecule has 0 spiro atoms. The van der Waals surface area contributed by atoms with Crippen molar-refractivity contribution in [2.75, 3.05) is 13.7 Å². The summed E-state index contributed by atoms with van der Waals surface area (Å²) in [6, 6.07) is 5.09. The van der Waals surface area contributed by atoms with E-state index in [1.165, 1.54) is 0 Å². The van der Waals surface area contributed by atoms with Crippen LogP contribution in [0, 0.1) is 11.3 Å². The van der Waals surface area contributed by atoms with Crippen LogP contribution in [0.1, 0.15) is 112 Å². The maximum atomic E-state index is 13.8. The number of benzene rings is 1. The molecule has 0 aliphatic carbocycles. The van der Waals surface area contributed by atoms with Crippen molar-refractivity contribution in [1.29, 1.82) is 0 Å². The number of nitrogens with two attached hydrogens (primary N) is 3. The van der Waals surface area contributed by atoms with Gasteiger partial charge in [0.1, 0.15) is 17.8 Å². The molecule has 0 aromatic heterocycles. The third-order valence-corrected chi connectivity index (χ3v) is 8.65. The smallest absolute Gasteiger partial charge is 0.243 e. The Kier molecular flexibility index (Phi) is 18.7. The number of carbonyl (C=O) groups excluding carboxylic acids is 4. The van der Waals surface area contributed by atoms with Gasteiger partial charge in [-0.1, -0.05) is 72.4 Å². The summed E-state index contributed by atoms with van der Waals surface area (Å²) in [5.41, 5.74) is 16.6. The van der Waals surface area contributed by atoms with Crippen LogP contribution in [0.2, 0.25) is 0 Å². The number of carbonyl (C=O) groups is 4. The van der Waals surface area contributed by atoms with Gasteiger partial charge in [-0.05, 0) is 69.7 Å². The third-order valence-electron chi connectivity index (χ3n) is 8.65. The predicted octanol–water partition coefficient (Wildman–Crippen LogP) is 3.43. The topological polar surface area (TPSA) is 201 Å². The summed E-state index contributed by atoms with van der Waals surface area (Å²) in [7, 11) is 1.55. The first kappa shape index (κ1) is 42.8. The van der Waals surface area contributed by atoms with E-state index >= 15 is 0 Å². The van der Waals surface area contributed by atoms with Gasteiger partial charge in [0.2, 0.25) is 29.9 Å². The van der Waals surface area contributed by atoms with Crippen molar-refractivity contribution < 1.29 is 28.7 Å². The van der Waals surface area contributed by atoms with Crippen molar-refractivity contribution >= 4 is 23.6 Å². The van der Waals surface area contributed by atoms with Gasteiger partial charge in [0.15, 0.2) is 0 Å². The molecule has 48 heavy (non-hydrogen) atoms. The number of primary amides is 1. The molecule has 9 N–H and O–H groups in total. The molecule has 0 aliphatic rings. The maximum Gasteiger partial charge on any atom is 0.243 e. The van der Waals surface area contributed by atoms with Gasteiger partial charge in [-0.25, -0.2) is 0 Å². The minimum Gasteiger partial charge on any atom is -0.463 e. The van der Waals surface area contributed by atoms with E-state index < -0.39 is 41.1 Å². The van der Waals surface area contributed by atoms with Crippen LogP contribution in [0.5, 0.6) is 5.75 Å². The Balaban J connectivity index is 3.17. The average Bonchev–Trinajstić information content (AvgIpc) is 3.01. The Bertz CT molecular complexity index is 1140. The predicted molar refractivity (Wildman–Crippen MR) is 190 cm³/mol. The summed E-state index contributed by atoms with van der Waals surface area (Å²) < 4.78 is 11.5. The van der Waals surface area contributed by atoms with Crippen molar-refractivity contribution in [1.82, 2.24) is 16.0 Å². The van der Waals surface area contributed by atoms with Crippen molar-refractivity contribution in [3.8, 4) is 5.75 Å². The number of hydrogen-bond acceptors (Lipinski definition) is 8. The Labute approximate surface area is 288 Å². The van der Waals surface area contributed by atoms with E-state index in [1.807, 2.05) is 39.8 Å². The average molecular weight is 677 g/mol. The van der Waals surface area contributed by atoms with E-state index in [9.17, 15) is 19.2 Å². The number of nitrogens with one attached hydrogen (secondary N) is 3. The van der Waals surface area contributed by atoms with E-state index in [4.69, 9.17) is 26.7 Å². The zero-order valence-corrected chi connectivity index (χ0v) is 30.7. The molecular formula is C36H64N6O6. The Morgan fingerprint density at radius 1 is 0.917 bits per heavy atom. The summed E-state index contributed by atoms with van der Waals surface area (Å²) in [4.78, 5) is 52.3. The largest absolute Gasteiger partial charge is 0.463 e. The molecular weight excluding hydrogens is 612 g/mol. The van der Waals surface area contributed by atoms with Crippen LogP contribution in [-0.2, 0) is 30.3 Å². The monoisotopic (exact) mass is 676 g/mol. The molecule has 0 bridgehead atoms. The van der Waals surface area contributed by atoms with Crippen LogP contribution in [-0.4, -0.2) is 67.2 Å². The molecule has 0 fully saturated rings. The second kappa shape index (κ2) is 21.0. The molecule has 0 radical (unpaired) electrons. The molecule has 1 aromatic rings. The minimum absolute atomic E-state index is 0.199. The van der Waals surface area contributed by atoms with Crippen molar-refractivity contribution in [3.63, 3.8) is 0 Å². The zero-order valence-electron chi connectivity index (χ0n) is 30.7. The highest BCUT2D eigenvalue weighted by Gasteiger charge is 2.37. The standard InChI is InChI=1S/C36H64N6O6/c1-9-11-12-16-29(43)40-28(22-25-17-19-26(20-18-25)48-33(47-8)27(38)15-13-14-21-37)31(44)41-30(24(3)10-2)32(45)42-36(6,7)23-35(4,5)34(39)46/h17-20,24,27-28,30,33H,9-16,21-23,37-38H2,1-8H3,(H2,39,46)(H,40,43)(H,41,44)(H,42,45). The Morgan fingerprint density at radius 2 is 1.56 bits per heavy atom. The fraction of sp³-hybridized carbons (Fsp3) is 0.722. The number of amides is 4. The molecule has 0 heterocycles. The highest BCUT2D eigenvalue weighted by Crippen LogP contribution is 2.28. The molecule has 0 aliphatic heterocycles. The summed E-state index contributed by atoms with van der Waals surface area (Å²) in [6.45, 7) is 13.6. The maximum absolute atomic E-state index is 13.8. The van der Waals surface area contributed by atoms with Crippen LogP contribution >= 0.6 is 0 Å². The summed E-state index contributed by atoms with van der Waals surface area (Å²) in [5.74, 6) is -1.17. The molecule has 0 saturated carbocycles. The van der Waals surface area contributed by atoms with E-state index in [0.29, 0.717) is 44.4 Å². The fourth-order valence-corrected chi connectivity index (χ4v) is 5.66. The van der Waals surface area contributed by atoms with Crippen LogP contribution in [0.3, 0.4) is 0 Å².